The van der Waals surface area contributed by atoms with Gasteiger partial charge in [-0.25, -0.2) is 24.0 Å². The Morgan fingerprint density at radius 1 is 0.500 bits per heavy atom. The number of hydrogen-bond donors (Lipinski definition) is 6. The summed E-state index contributed by atoms with van der Waals surface area (Å²) in [5, 5.41) is 42.7. The fraction of sp³-hybridized carbons (Fsp3) is 0.667. The minimum atomic E-state index is -5.84. The van der Waals surface area contributed by atoms with Crippen LogP contribution in [-0.4, -0.2) is 173 Å². The molecule has 0 aromatic heterocycles. The molecule has 2 saturated heterocycles. The number of fused-ring (bicyclic) bond motifs is 10. The summed E-state index contributed by atoms with van der Waals surface area (Å²) in [7, 11) is -11.7. The molecule has 8 unspecified atom stereocenters. The zero-order chi connectivity index (χ0) is 87.2. The molecule has 0 spiro atoms. The van der Waals surface area contributed by atoms with Crippen LogP contribution in [0.3, 0.4) is 0 Å². The summed E-state index contributed by atoms with van der Waals surface area (Å²) in [5.41, 5.74) is -9.82. The second-order valence-corrected chi connectivity index (χ2v) is 40.2. The minimum absolute atomic E-state index is 0. The maximum absolute atomic E-state index is 13.0. The van der Waals surface area contributed by atoms with E-state index >= 15 is 0 Å². The summed E-state index contributed by atoms with van der Waals surface area (Å²) in [6.07, 6.45) is 17.0. The largest absolute Gasteiger partial charge is 0.522 e. The number of halogens is 9. The Kier molecular flexibility index (Phi) is 30.4. The van der Waals surface area contributed by atoms with E-state index in [0.717, 1.165) is 127 Å². The molecule has 8 saturated carbocycles. The van der Waals surface area contributed by atoms with Crippen LogP contribution in [0.4, 0.5) is 26.3 Å². The Labute approximate surface area is 722 Å². The van der Waals surface area contributed by atoms with E-state index in [1.165, 1.54) is 0 Å². The third-order valence-corrected chi connectivity index (χ3v) is 30.6. The summed E-state index contributed by atoms with van der Waals surface area (Å²) >= 11 is 17.1. The van der Waals surface area contributed by atoms with Crippen LogP contribution in [0, 0.1) is 92.2 Å². The topological polar surface area (TPSA) is 362 Å². The van der Waals surface area contributed by atoms with Crippen molar-refractivity contribution >= 4 is 90.8 Å². The van der Waals surface area contributed by atoms with Crippen molar-refractivity contribution in [2.24, 2.45) is 86.8 Å². The van der Waals surface area contributed by atoms with Gasteiger partial charge in [0.2, 0.25) is 18.3 Å². The second-order valence-electron chi connectivity index (χ2n) is 35.1. The molecular weight excluding hydrogens is 1740 g/mol. The maximum atomic E-state index is 13.0. The quantitative estimate of drug-likeness (QED) is 0.00992. The Morgan fingerprint density at radius 2 is 0.883 bits per heavy atom. The molecular formula is C84H106Cl3F6NO23S2Zn. The van der Waals surface area contributed by atoms with Crippen molar-refractivity contribution in [2.75, 3.05) is 26.4 Å². The molecule has 6 N–H and O–H groups in total. The average Bonchev–Trinajstić information content (AvgIpc) is 1.48. The van der Waals surface area contributed by atoms with Gasteiger partial charge in [0.25, 0.3) is 3.79 Å². The number of carbonyl (C=O) groups is 5. The van der Waals surface area contributed by atoms with Gasteiger partial charge < -0.3 is 58.0 Å². The Hall–Kier alpha value is -5.39. The molecule has 12 aliphatic rings. The van der Waals surface area contributed by atoms with Crippen molar-refractivity contribution < 1.29 is 154 Å². The van der Waals surface area contributed by atoms with E-state index in [9.17, 15) is 65.6 Å². The van der Waals surface area contributed by atoms with E-state index in [4.69, 9.17) is 109 Å². The van der Waals surface area contributed by atoms with Crippen molar-refractivity contribution in [1.29, 1.82) is 5.41 Å². The molecule has 8 aliphatic carbocycles. The van der Waals surface area contributed by atoms with Crippen LogP contribution in [0.15, 0.2) is 114 Å². The molecule has 3 aromatic rings. The number of benzene rings is 3. The van der Waals surface area contributed by atoms with Crippen molar-refractivity contribution in [3.63, 3.8) is 0 Å². The SMILES string of the molecule is C[C@H]1COC(OC(=N)C(Cl)(Cl)Cl)[C@@H](OC(=O)c2ccccc2)[C@@H]1OC(=O)c1ccccc1.C[C@H]1[C@H](OC(=O)c2ccccc2)C(OC2CC[C@]3(C)C4CC[C@]5(C)[C@@H](C6=CCOC6=O)CC[C@]5(O)C4CC[C@@H]3C2)OC[C@@H]1C.C[C@]12CCC(O)C[C@H]1CCC1C2CC[C@]2(C)[C@@H](C3=CCOC3=O)CC[C@]12O.O=S(=O)(O)C(F)(F)F.O=S(=O)(O)C(F)(F)F.[Zn]. The number of cyclic esters (lactones) is 2. The monoisotopic (exact) mass is 1840 g/mol. The number of aliphatic hydroxyl groups is 3. The molecule has 120 heavy (non-hydrogen) atoms. The van der Waals surface area contributed by atoms with Crippen LogP contribution in [0.1, 0.15) is 195 Å². The van der Waals surface area contributed by atoms with E-state index in [-0.39, 0.29) is 119 Å². The number of rotatable bonds is 11. The van der Waals surface area contributed by atoms with Gasteiger partial charge in [0, 0.05) is 53.3 Å². The molecule has 662 valence electrons. The zero-order valence-electron chi connectivity index (χ0n) is 67.8. The number of alkyl halides is 9. The zero-order valence-corrected chi connectivity index (χ0v) is 74.6. The summed E-state index contributed by atoms with van der Waals surface area (Å²) in [6.45, 7) is 16.9. The summed E-state index contributed by atoms with van der Waals surface area (Å²) in [6, 6.07) is 25.8. The molecule has 0 bridgehead atoms. The molecule has 24 atom stereocenters. The van der Waals surface area contributed by atoms with Crippen molar-refractivity contribution in [1.82, 2.24) is 0 Å². The van der Waals surface area contributed by atoms with Gasteiger partial charge in [0.05, 0.1) is 53.3 Å². The standard InChI is InChI=1S/C37H50O7.C23H34O4.C22H20Cl3NO6.2CHF3O3S.Zn/c1-22-21-42-34(31(23(22)2)44-32(38)24-8-6-5-7-9-24)43-26-12-16-35(3)25(20-26)10-11-30-29(35)13-17-36(4)28(14-18-37(30,36)40)27-15-19-41-33(27)39;1-21-9-5-15(24)13-14(21)3-4-19-18(21)6-10-22(2)17(7-11-23(19,22)26)16-8-12-27-20(16)25;1-13-12-29-20(32-21(26)22(23,24)25)17(31-19(28)15-10-6-3-7-11-15)16(13)30-18(27)14-8-4-2-5-9-14;2*2-1(3,4)8(5,6)7;/h5-9,15,22-23,25-26,28-31,34,40H,10-14,16-21H2,1-4H3;8,14-15,17-19,24,26H,3-7,9-13H2,1-2H3;2-11,13,16-17,20,26H,12H2,1H3;2*(H,5,6,7);/t22-,23+,25+,26?,28+,29?,30?,31-,34?,35-,36+,37-;14-,15?,17-,18?,19?,21+,22-,23+;13-,16+,17-,20?;;;/m010.../s1. The molecule has 15 rings (SSSR count). The predicted molar refractivity (Wildman–Crippen MR) is 421 cm³/mol. The van der Waals surface area contributed by atoms with Gasteiger partial charge >= 0.3 is 61.1 Å². The average molecular weight is 1850 g/mol. The van der Waals surface area contributed by atoms with Gasteiger partial charge in [-0.15, -0.1) is 0 Å². The first-order valence-corrected chi connectivity index (χ1v) is 44.5. The first kappa shape index (κ1) is 96.8. The number of ether oxygens (including phenoxy) is 9. The smallest absolute Gasteiger partial charge is 0.458 e. The molecule has 36 heteroatoms. The van der Waals surface area contributed by atoms with Crippen LogP contribution in [0.25, 0.3) is 0 Å². The summed E-state index contributed by atoms with van der Waals surface area (Å²) in [4.78, 5) is 63.2. The number of hydrogen-bond acceptors (Lipinski definition) is 22. The maximum Gasteiger partial charge on any atom is 0.522 e. The molecule has 10 fully saturated rings. The van der Waals surface area contributed by atoms with E-state index in [1.54, 1.807) is 79.7 Å². The van der Waals surface area contributed by atoms with Gasteiger partial charge in [0.1, 0.15) is 19.3 Å². The first-order valence-electron chi connectivity index (χ1n) is 40.4. The van der Waals surface area contributed by atoms with Crippen LogP contribution in [0.2, 0.25) is 0 Å². The van der Waals surface area contributed by atoms with Crippen LogP contribution < -0.4 is 0 Å². The third kappa shape index (κ3) is 20.0. The van der Waals surface area contributed by atoms with Gasteiger partial charge in [-0.1, -0.05) is 138 Å². The van der Waals surface area contributed by atoms with Gasteiger partial charge in [-0.2, -0.15) is 43.2 Å². The van der Waals surface area contributed by atoms with Crippen LogP contribution in [-0.2, 0) is 91.9 Å². The van der Waals surface area contributed by atoms with Gasteiger partial charge in [-0.3, -0.25) is 14.5 Å². The van der Waals surface area contributed by atoms with E-state index in [2.05, 4.69) is 41.5 Å². The third-order valence-electron chi connectivity index (χ3n) is 28.9. The van der Waals surface area contributed by atoms with Crippen LogP contribution in [0.5, 0.6) is 0 Å². The molecule has 4 aliphatic heterocycles. The molecule has 3 aromatic carbocycles. The Balaban J connectivity index is 0.000000176. The molecule has 4 heterocycles. The Morgan fingerprint density at radius 3 is 1.28 bits per heavy atom. The Bertz CT molecular complexity index is 4420. The minimum Gasteiger partial charge on any atom is -0.458 e. The number of esters is 5. The second kappa shape index (κ2) is 37.7. The number of nitrogens with one attached hydrogen (secondary N) is 1. The van der Waals surface area contributed by atoms with Crippen molar-refractivity contribution in [3.8, 4) is 0 Å². The number of aliphatic hydroxyl groups excluding tert-OH is 1. The first-order chi connectivity index (χ1) is 55.5. The van der Waals surface area contributed by atoms with E-state index in [1.807, 2.05) is 30.4 Å². The molecule has 0 radical (unpaired) electrons. The van der Waals surface area contributed by atoms with Gasteiger partial charge in [0.15, 0.2) is 12.4 Å². The predicted octanol–water partition coefficient (Wildman–Crippen LogP) is 15.7. The molecule has 24 nitrogen and oxygen atoms in total. The summed E-state index contributed by atoms with van der Waals surface area (Å²) < 4.78 is 165. The van der Waals surface area contributed by atoms with Crippen molar-refractivity contribution in [2.45, 2.75) is 233 Å². The van der Waals surface area contributed by atoms with Crippen molar-refractivity contribution in [3.05, 3.63) is 131 Å². The van der Waals surface area contributed by atoms with Gasteiger partial charge in [-0.05, 0) is 228 Å². The summed E-state index contributed by atoms with van der Waals surface area (Å²) in [5.74, 6) is 0.263. The van der Waals surface area contributed by atoms with E-state index < -0.39 is 95.0 Å². The normalized spacial score (nSPS) is 37.4. The van der Waals surface area contributed by atoms with E-state index in [0.29, 0.717) is 60.5 Å². The fourth-order valence-corrected chi connectivity index (χ4v) is 22.3. The molecule has 0 amide bonds. The van der Waals surface area contributed by atoms with Crippen LogP contribution >= 0.6 is 34.8 Å². The number of carbonyl (C=O) groups excluding carboxylic acids is 5. The fourth-order valence-electron chi connectivity index (χ4n) is 22.2.